The minimum absolute atomic E-state index is 0. The molecule has 1 rings (SSSR count). The molecule has 0 amide bonds. The average molecular weight is 452 g/mol. The summed E-state index contributed by atoms with van der Waals surface area (Å²) in [5.41, 5.74) is 1.86. The van der Waals surface area contributed by atoms with E-state index in [0.29, 0.717) is 17.6 Å². The number of anilines is 1. The molecule has 31 heavy (non-hydrogen) atoms. The number of ether oxygens (including phenoxy) is 2. The predicted molar refractivity (Wildman–Crippen MR) is 118 cm³/mol. The Bertz CT molecular complexity index is 766. The monoisotopic (exact) mass is 451 g/mol. The number of carbonyl (C=O) groups excluding carboxylic acids is 2. The van der Waals surface area contributed by atoms with Gasteiger partial charge < -0.3 is 31.3 Å². The van der Waals surface area contributed by atoms with Gasteiger partial charge in [0, 0.05) is 32.1 Å². The van der Waals surface area contributed by atoms with E-state index < -0.39 is 5.97 Å². The molecule has 0 spiro atoms. The zero-order chi connectivity index (χ0) is 22.6. The van der Waals surface area contributed by atoms with Crippen molar-refractivity contribution in [3.8, 4) is 6.07 Å². The molecular formula is C23H34ClN3O4. The predicted octanol–water partition coefficient (Wildman–Crippen LogP) is 0.0166. The number of nitrogens with zero attached hydrogens (tertiary/aromatic N) is 3. The van der Waals surface area contributed by atoms with Gasteiger partial charge in [-0.3, -0.25) is 4.79 Å². The molecule has 0 saturated heterocycles. The molecule has 0 aliphatic carbocycles. The molecule has 1 aromatic rings. The lowest BCUT2D eigenvalue weighted by atomic mass is 10.1. The van der Waals surface area contributed by atoms with E-state index in [0.717, 1.165) is 37.3 Å². The molecule has 1 aromatic carbocycles. The molecule has 0 heterocycles. The van der Waals surface area contributed by atoms with Crippen LogP contribution in [0.5, 0.6) is 0 Å². The van der Waals surface area contributed by atoms with E-state index in [1.54, 1.807) is 6.08 Å². The van der Waals surface area contributed by atoms with Crippen LogP contribution in [-0.4, -0.2) is 69.9 Å². The highest BCUT2D eigenvalue weighted by atomic mass is 35.5. The van der Waals surface area contributed by atoms with Gasteiger partial charge in [0.15, 0.2) is 0 Å². The molecular weight excluding hydrogens is 418 g/mol. The van der Waals surface area contributed by atoms with E-state index >= 15 is 0 Å². The first-order chi connectivity index (χ1) is 14.2. The number of carbonyl (C=O) groups is 2. The Morgan fingerprint density at radius 2 is 1.68 bits per heavy atom. The molecule has 0 saturated carbocycles. The average Bonchev–Trinajstić information content (AvgIpc) is 2.71. The molecule has 0 aromatic heterocycles. The topological polar surface area (TPSA) is 79.6 Å². The van der Waals surface area contributed by atoms with Crippen LogP contribution in [0.1, 0.15) is 32.8 Å². The number of esters is 2. The van der Waals surface area contributed by atoms with Crippen molar-refractivity contribution in [2.45, 2.75) is 27.2 Å². The molecule has 0 fully saturated rings. The maximum absolute atomic E-state index is 12.3. The third-order valence-corrected chi connectivity index (χ3v) is 4.82. The van der Waals surface area contributed by atoms with Crippen molar-refractivity contribution in [2.75, 3.05) is 58.4 Å². The molecule has 0 atom stereocenters. The maximum Gasteiger partial charge on any atom is 0.349 e. The van der Waals surface area contributed by atoms with Crippen LogP contribution in [0.3, 0.4) is 0 Å². The summed E-state index contributed by atoms with van der Waals surface area (Å²) >= 11 is 0. The normalized spacial score (nSPS) is 11.2. The van der Waals surface area contributed by atoms with E-state index in [2.05, 4.69) is 18.7 Å². The van der Waals surface area contributed by atoms with E-state index in [9.17, 15) is 14.9 Å². The van der Waals surface area contributed by atoms with Gasteiger partial charge in [-0.05, 0) is 37.6 Å². The van der Waals surface area contributed by atoms with Crippen molar-refractivity contribution in [3.05, 3.63) is 35.4 Å². The summed E-state index contributed by atoms with van der Waals surface area (Å²) in [5, 5.41) is 9.35. The molecule has 0 unspecified atom stereocenters. The minimum atomic E-state index is -0.620. The molecule has 0 aliphatic rings. The molecule has 8 heteroatoms. The van der Waals surface area contributed by atoms with Gasteiger partial charge in [0.1, 0.15) is 24.8 Å². The van der Waals surface area contributed by atoms with E-state index in [1.165, 1.54) is 6.92 Å². The van der Waals surface area contributed by atoms with Gasteiger partial charge in [-0.25, -0.2) is 4.79 Å². The summed E-state index contributed by atoms with van der Waals surface area (Å²) in [6.45, 7) is 9.39. The third-order valence-electron chi connectivity index (χ3n) is 4.82. The Labute approximate surface area is 192 Å². The van der Waals surface area contributed by atoms with Crippen LogP contribution in [-0.2, 0) is 19.1 Å². The highest BCUT2D eigenvalue weighted by Crippen LogP contribution is 2.17. The fourth-order valence-electron chi connectivity index (χ4n) is 2.96. The summed E-state index contributed by atoms with van der Waals surface area (Å²) < 4.78 is 10.9. The maximum atomic E-state index is 12.3. The van der Waals surface area contributed by atoms with Crippen molar-refractivity contribution in [1.82, 2.24) is 0 Å². The zero-order valence-corrected chi connectivity index (χ0v) is 19.9. The first kappa shape index (κ1) is 28.4. The number of likely N-dealkylation sites (N-methyl/N-ethyl adjacent to an activating group) is 1. The van der Waals surface area contributed by atoms with Gasteiger partial charge in [0.25, 0.3) is 0 Å². The highest BCUT2D eigenvalue weighted by molar-refractivity contribution is 5.97. The van der Waals surface area contributed by atoms with Crippen LogP contribution in [0.2, 0.25) is 0 Å². The summed E-state index contributed by atoms with van der Waals surface area (Å²) in [7, 11) is 4.03. The fraction of sp³-hybridized carbons (Fsp3) is 0.522. The number of nitriles is 1. The smallest absolute Gasteiger partial charge is 0.349 e. The Kier molecular flexibility index (Phi) is 13.3. The second-order valence-corrected chi connectivity index (χ2v) is 7.65. The molecule has 0 radical (unpaired) electrons. The van der Waals surface area contributed by atoms with Crippen molar-refractivity contribution in [3.63, 3.8) is 0 Å². The fourth-order valence-corrected chi connectivity index (χ4v) is 2.96. The number of rotatable bonds is 12. The number of hydrogen-bond acceptors (Lipinski definition) is 6. The van der Waals surface area contributed by atoms with Crippen molar-refractivity contribution in [1.29, 1.82) is 5.26 Å². The van der Waals surface area contributed by atoms with Crippen LogP contribution < -0.4 is 17.3 Å². The Morgan fingerprint density at radius 1 is 1.06 bits per heavy atom. The van der Waals surface area contributed by atoms with Crippen molar-refractivity contribution >= 4 is 23.7 Å². The number of benzene rings is 1. The van der Waals surface area contributed by atoms with Gasteiger partial charge in [0.2, 0.25) is 0 Å². The Morgan fingerprint density at radius 3 is 2.19 bits per heavy atom. The Hall–Kier alpha value is -2.56. The first-order valence-electron chi connectivity index (χ1n) is 10.3. The molecule has 172 valence electrons. The lowest BCUT2D eigenvalue weighted by Gasteiger charge is -2.29. The SMILES string of the molecule is CCN(CC)c1ccc(C=C(C#N)C(=O)OCC[N+](C)(C)CCCOC(C)=O)cc1.[Cl-]. The molecule has 0 N–H and O–H groups in total. The van der Waals surface area contributed by atoms with Gasteiger partial charge in [0.05, 0.1) is 27.2 Å². The standard InChI is InChI=1S/C23H34N3O4.ClH/c1-6-25(7-2)22-11-9-20(10-12-22)17-21(18-24)23(28)30-16-14-26(4,5)13-8-15-29-19(3)27;/h9-12,17H,6-8,13-16H2,1-5H3;1H/q+1;/p-1. The van der Waals surface area contributed by atoms with Gasteiger partial charge in [-0.2, -0.15) is 5.26 Å². The van der Waals surface area contributed by atoms with E-state index in [4.69, 9.17) is 9.47 Å². The van der Waals surface area contributed by atoms with Gasteiger partial charge in [-0.1, -0.05) is 12.1 Å². The van der Waals surface area contributed by atoms with Gasteiger partial charge >= 0.3 is 11.9 Å². The van der Waals surface area contributed by atoms with E-state index in [1.807, 2.05) is 44.4 Å². The molecule has 0 aliphatic heterocycles. The summed E-state index contributed by atoms with van der Waals surface area (Å²) in [6.07, 6.45) is 2.28. The van der Waals surface area contributed by atoms with Crippen LogP contribution >= 0.6 is 0 Å². The van der Waals surface area contributed by atoms with Crippen molar-refractivity contribution in [2.24, 2.45) is 0 Å². The lowest BCUT2D eigenvalue weighted by Crippen LogP contribution is -3.00. The van der Waals surface area contributed by atoms with E-state index in [-0.39, 0.29) is 30.6 Å². The summed E-state index contributed by atoms with van der Waals surface area (Å²) in [5.74, 6) is -0.905. The number of halogens is 1. The highest BCUT2D eigenvalue weighted by Gasteiger charge is 2.17. The summed E-state index contributed by atoms with van der Waals surface area (Å²) in [4.78, 5) is 25.3. The third kappa shape index (κ3) is 10.9. The zero-order valence-electron chi connectivity index (χ0n) is 19.2. The quantitative estimate of drug-likeness (QED) is 0.146. The van der Waals surface area contributed by atoms with Gasteiger partial charge in [-0.15, -0.1) is 0 Å². The second-order valence-electron chi connectivity index (χ2n) is 7.65. The number of hydrogen-bond donors (Lipinski definition) is 0. The first-order valence-corrected chi connectivity index (χ1v) is 10.3. The van der Waals surface area contributed by atoms with Crippen LogP contribution in [0.25, 0.3) is 6.08 Å². The summed E-state index contributed by atoms with van der Waals surface area (Å²) in [6, 6.07) is 9.68. The van der Waals surface area contributed by atoms with Crippen molar-refractivity contribution < 1.29 is 36.0 Å². The van der Waals surface area contributed by atoms with Crippen LogP contribution in [0.15, 0.2) is 29.8 Å². The molecule has 0 bridgehead atoms. The van der Waals surface area contributed by atoms with Crippen LogP contribution in [0, 0.1) is 11.3 Å². The Balaban J connectivity index is 0.00000900. The second kappa shape index (κ2) is 14.4. The number of quaternary nitrogens is 1. The largest absolute Gasteiger partial charge is 1.00 e. The minimum Gasteiger partial charge on any atom is -1.00 e. The molecule has 7 nitrogen and oxygen atoms in total. The lowest BCUT2D eigenvalue weighted by molar-refractivity contribution is -0.890. The van der Waals surface area contributed by atoms with Crippen LogP contribution in [0.4, 0.5) is 5.69 Å².